The van der Waals surface area contributed by atoms with E-state index >= 15 is 0 Å². The molecule has 0 aliphatic carbocycles. The lowest BCUT2D eigenvalue weighted by Crippen LogP contribution is -2.45. The Balaban J connectivity index is 0.00000200. The van der Waals surface area contributed by atoms with Crippen LogP contribution >= 0.6 is 40.7 Å². The Bertz CT molecular complexity index is 467. The quantitative estimate of drug-likeness (QED) is 0.818. The van der Waals surface area contributed by atoms with Crippen LogP contribution in [0.25, 0.3) is 0 Å². The standard InChI is InChI=1S/C13H19BrN4O.2ClH/c1-18(2)12-11(6-9(14)7-16-12)13(19)17-10-4-3-5-15-8-10;;/h6-7,10,15H,3-5,8H2,1-2H3,(H,17,19);2*1H. The average molecular weight is 400 g/mol. The molecule has 1 unspecified atom stereocenters. The van der Waals surface area contributed by atoms with Gasteiger partial charge in [-0.05, 0) is 41.4 Å². The third-order valence-corrected chi connectivity index (χ3v) is 3.57. The third kappa shape index (κ3) is 5.62. The van der Waals surface area contributed by atoms with Gasteiger partial charge in [0.05, 0.1) is 5.56 Å². The number of hydrogen-bond donors (Lipinski definition) is 2. The highest BCUT2D eigenvalue weighted by atomic mass is 79.9. The lowest BCUT2D eigenvalue weighted by Gasteiger charge is -2.24. The van der Waals surface area contributed by atoms with E-state index in [2.05, 4.69) is 31.5 Å². The van der Waals surface area contributed by atoms with Gasteiger partial charge in [-0.15, -0.1) is 24.8 Å². The zero-order valence-electron chi connectivity index (χ0n) is 12.1. The Kier molecular flexibility index (Phi) is 9.20. The van der Waals surface area contributed by atoms with Crippen LogP contribution in [-0.4, -0.2) is 44.1 Å². The van der Waals surface area contributed by atoms with E-state index in [0.717, 1.165) is 30.4 Å². The molecule has 0 bridgehead atoms. The molecule has 2 heterocycles. The molecule has 1 amide bonds. The SMILES string of the molecule is CN(C)c1ncc(Br)cc1C(=O)NC1CCCNC1.Cl.Cl. The molecule has 8 heteroatoms. The van der Waals surface area contributed by atoms with Crippen molar-refractivity contribution in [2.45, 2.75) is 18.9 Å². The highest BCUT2D eigenvalue weighted by Crippen LogP contribution is 2.20. The van der Waals surface area contributed by atoms with Crippen LogP contribution in [0, 0.1) is 0 Å². The molecule has 2 rings (SSSR count). The Morgan fingerprint density at radius 3 is 2.76 bits per heavy atom. The van der Waals surface area contributed by atoms with E-state index in [1.54, 1.807) is 6.20 Å². The number of carbonyl (C=O) groups is 1. The van der Waals surface area contributed by atoms with Gasteiger partial charge in [0.25, 0.3) is 5.91 Å². The summed E-state index contributed by atoms with van der Waals surface area (Å²) < 4.78 is 0.810. The molecular formula is C13H21BrCl2N4O. The summed E-state index contributed by atoms with van der Waals surface area (Å²) in [6.07, 6.45) is 3.83. The van der Waals surface area contributed by atoms with Crippen LogP contribution < -0.4 is 15.5 Å². The number of aromatic nitrogens is 1. The first-order chi connectivity index (χ1) is 9.08. The molecule has 120 valence electrons. The monoisotopic (exact) mass is 398 g/mol. The van der Waals surface area contributed by atoms with Crippen LogP contribution in [0.3, 0.4) is 0 Å². The lowest BCUT2D eigenvalue weighted by molar-refractivity contribution is 0.0931. The van der Waals surface area contributed by atoms with Crippen LogP contribution in [-0.2, 0) is 0 Å². The van der Waals surface area contributed by atoms with Gasteiger partial charge in [0.1, 0.15) is 5.82 Å². The zero-order valence-corrected chi connectivity index (χ0v) is 15.3. The Labute approximate surface area is 146 Å². The number of pyridine rings is 1. The molecule has 1 fully saturated rings. The summed E-state index contributed by atoms with van der Waals surface area (Å²) in [4.78, 5) is 18.5. The van der Waals surface area contributed by atoms with Crippen molar-refractivity contribution in [2.24, 2.45) is 0 Å². The minimum atomic E-state index is -0.0637. The van der Waals surface area contributed by atoms with Crippen molar-refractivity contribution >= 4 is 52.5 Å². The number of hydrogen-bond acceptors (Lipinski definition) is 4. The molecule has 1 saturated heterocycles. The number of anilines is 1. The maximum atomic E-state index is 12.4. The van der Waals surface area contributed by atoms with Crippen LogP contribution in [0.15, 0.2) is 16.7 Å². The van der Waals surface area contributed by atoms with Crippen molar-refractivity contribution < 1.29 is 4.79 Å². The van der Waals surface area contributed by atoms with Crippen LogP contribution in [0.1, 0.15) is 23.2 Å². The molecule has 21 heavy (non-hydrogen) atoms. The van der Waals surface area contributed by atoms with E-state index in [1.165, 1.54) is 0 Å². The summed E-state index contributed by atoms with van der Waals surface area (Å²) >= 11 is 3.37. The second-order valence-corrected chi connectivity index (χ2v) is 5.85. The number of halogens is 3. The molecule has 2 N–H and O–H groups in total. The van der Waals surface area contributed by atoms with Gasteiger partial charge in [0, 0.05) is 37.4 Å². The Hall–Kier alpha value is -0.560. The zero-order chi connectivity index (χ0) is 13.8. The molecule has 5 nitrogen and oxygen atoms in total. The van der Waals surface area contributed by atoms with E-state index in [4.69, 9.17) is 0 Å². The normalized spacial score (nSPS) is 17.2. The molecule has 0 radical (unpaired) electrons. The van der Waals surface area contributed by atoms with E-state index < -0.39 is 0 Å². The number of piperidine rings is 1. The minimum absolute atomic E-state index is 0. The summed E-state index contributed by atoms with van der Waals surface area (Å²) in [7, 11) is 3.77. The second-order valence-electron chi connectivity index (χ2n) is 4.94. The molecule has 0 saturated carbocycles. The van der Waals surface area contributed by atoms with Gasteiger partial charge in [0.15, 0.2) is 0 Å². The van der Waals surface area contributed by atoms with Crippen molar-refractivity contribution in [1.29, 1.82) is 0 Å². The van der Waals surface area contributed by atoms with Gasteiger partial charge in [-0.2, -0.15) is 0 Å². The summed E-state index contributed by atoms with van der Waals surface area (Å²) in [6.45, 7) is 1.87. The van der Waals surface area contributed by atoms with E-state index in [0.29, 0.717) is 11.4 Å². The highest BCUT2D eigenvalue weighted by Gasteiger charge is 2.20. The first kappa shape index (κ1) is 20.4. The summed E-state index contributed by atoms with van der Waals surface area (Å²) in [5.74, 6) is 0.621. The molecule has 1 aliphatic heterocycles. The van der Waals surface area contributed by atoms with Crippen LogP contribution in [0.5, 0.6) is 0 Å². The maximum Gasteiger partial charge on any atom is 0.255 e. The van der Waals surface area contributed by atoms with E-state index in [1.807, 2.05) is 25.1 Å². The van der Waals surface area contributed by atoms with Gasteiger partial charge in [-0.1, -0.05) is 0 Å². The number of nitrogens with zero attached hydrogens (tertiary/aromatic N) is 2. The smallest absolute Gasteiger partial charge is 0.255 e. The Morgan fingerprint density at radius 1 is 1.48 bits per heavy atom. The summed E-state index contributed by atoms with van der Waals surface area (Å²) in [6, 6.07) is 2.02. The molecule has 1 atom stereocenters. The average Bonchev–Trinajstić information content (AvgIpc) is 2.39. The predicted octanol–water partition coefficient (Wildman–Crippen LogP) is 2.24. The fraction of sp³-hybridized carbons (Fsp3) is 0.538. The predicted molar refractivity (Wildman–Crippen MR) is 94.1 cm³/mol. The molecule has 1 aromatic heterocycles. The van der Waals surface area contributed by atoms with Gasteiger partial charge in [-0.3, -0.25) is 4.79 Å². The van der Waals surface area contributed by atoms with Crippen LogP contribution in [0.4, 0.5) is 5.82 Å². The van der Waals surface area contributed by atoms with Crippen molar-refractivity contribution in [1.82, 2.24) is 15.6 Å². The first-order valence-electron chi connectivity index (χ1n) is 6.42. The summed E-state index contributed by atoms with van der Waals surface area (Å²) in [5, 5.41) is 6.36. The topological polar surface area (TPSA) is 57.3 Å². The van der Waals surface area contributed by atoms with Gasteiger partial charge < -0.3 is 15.5 Å². The molecular weight excluding hydrogens is 379 g/mol. The molecule has 0 aromatic carbocycles. The van der Waals surface area contributed by atoms with Crippen molar-refractivity contribution in [3.63, 3.8) is 0 Å². The maximum absolute atomic E-state index is 12.4. The molecule has 0 spiro atoms. The van der Waals surface area contributed by atoms with Crippen molar-refractivity contribution in [3.8, 4) is 0 Å². The van der Waals surface area contributed by atoms with Crippen molar-refractivity contribution in [3.05, 3.63) is 22.3 Å². The Morgan fingerprint density at radius 2 is 2.19 bits per heavy atom. The highest BCUT2D eigenvalue weighted by molar-refractivity contribution is 9.10. The largest absolute Gasteiger partial charge is 0.362 e. The molecule has 1 aliphatic rings. The molecule has 1 aromatic rings. The van der Waals surface area contributed by atoms with Crippen LogP contribution in [0.2, 0.25) is 0 Å². The lowest BCUT2D eigenvalue weighted by atomic mass is 10.1. The minimum Gasteiger partial charge on any atom is -0.362 e. The van der Waals surface area contributed by atoms with Crippen molar-refractivity contribution in [2.75, 3.05) is 32.1 Å². The second kappa shape index (κ2) is 9.46. The van der Waals surface area contributed by atoms with E-state index in [-0.39, 0.29) is 36.8 Å². The number of rotatable bonds is 3. The van der Waals surface area contributed by atoms with E-state index in [9.17, 15) is 4.79 Å². The van der Waals surface area contributed by atoms with Gasteiger partial charge in [-0.25, -0.2) is 4.98 Å². The number of carbonyl (C=O) groups excluding carboxylic acids is 1. The fourth-order valence-electron chi connectivity index (χ4n) is 2.19. The number of nitrogens with one attached hydrogen (secondary N) is 2. The first-order valence-corrected chi connectivity index (χ1v) is 7.21. The third-order valence-electron chi connectivity index (χ3n) is 3.13. The summed E-state index contributed by atoms with van der Waals surface area (Å²) in [5.41, 5.74) is 0.602. The fourth-order valence-corrected chi connectivity index (χ4v) is 2.52. The van der Waals surface area contributed by atoms with Gasteiger partial charge in [0.2, 0.25) is 0 Å². The number of amides is 1. The van der Waals surface area contributed by atoms with Gasteiger partial charge >= 0.3 is 0 Å².